The summed E-state index contributed by atoms with van der Waals surface area (Å²) in [5.74, 6) is -0.693. The Morgan fingerprint density at radius 2 is 1.79 bits per heavy atom. The highest BCUT2D eigenvalue weighted by molar-refractivity contribution is 7.90. The van der Waals surface area contributed by atoms with Crippen molar-refractivity contribution < 1.29 is 18.3 Å². The molecule has 0 aliphatic carbocycles. The van der Waals surface area contributed by atoms with Crippen molar-refractivity contribution in [2.24, 2.45) is 0 Å². The van der Waals surface area contributed by atoms with Gasteiger partial charge in [0.2, 0.25) is 0 Å². The monoisotopic (exact) mass is 346 g/mol. The number of aromatic nitrogens is 2. The Kier molecular flexibility index (Phi) is 5.14. The van der Waals surface area contributed by atoms with Crippen LogP contribution in [0.4, 0.5) is 0 Å². The minimum Gasteiger partial charge on any atom is -0.478 e. The third-order valence-corrected chi connectivity index (χ3v) is 4.48. The Morgan fingerprint density at radius 3 is 2.29 bits per heavy atom. The average Bonchev–Trinajstić information content (AvgIpc) is 2.52. The van der Waals surface area contributed by atoms with Gasteiger partial charge in [0, 0.05) is 12.5 Å². The summed E-state index contributed by atoms with van der Waals surface area (Å²) < 4.78 is 22.9. The fourth-order valence-electron chi connectivity index (χ4n) is 2.09. The Morgan fingerprint density at radius 1 is 1.17 bits per heavy atom. The van der Waals surface area contributed by atoms with Gasteiger partial charge < -0.3 is 5.11 Å². The fourth-order valence-corrected chi connectivity index (χ4v) is 2.72. The van der Waals surface area contributed by atoms with Crippen LogP contribution in [0.1, 0.15) is 47.2 Å². The number of benzene rings is 1. The third kappa shape index (κ3) is 4.26. The molecule has 0 saturated carbocycles. The first-order valence-electron chi connectivity index (χ1n) is 7.27. The molecule has 0 unspecified atom stereocenters. The highest BCUT2D eigenvalue weighted by Crippen LogP contribution is 2.18. The maximum atomic E-state index is 11.4. The topological polar surface area (TPSA) is 97.2 Å². The van der Waals surface area contributed by atoms with Crippen molar-refractivity contribution in [2.75, 3.05) is 6.26 Å². The van der Waals surface area contributed by atoms with Crippen LogP contribution in [0.5, 0.6) is 0 Å². The molecule has 0 spiro atoms. The standard InChI is InChI=1S/C17H18N2O4S/c1-11(2)16-14(17(20)21)10-18-15(19-16)9-6-12-4-7-13(8-5-12)24(3,22)23/h4-11H,1-3H3,(H,20,21). The molecule has 7 heteroatoms. The minimum atomic E-state index is -3.22. The third-order valence-electron chi connectivity index (χ3n) is 3.35. The summed E-state index contributed by atoms with van der Waals surface area (Å²) in [6.07, 6.45) is 5.86. The molecule has 0 fully saturated rings. The molecule has 1 N–H and O–H groups in total. The predicted molar refractivity (Wildman–Crippen MR) is 91.6 cm³/mol. The summed E-state index contributed by atoms with van der Waals surface area (Å²) >= 11 is 0. The van der Waals surface area contributed by atoms with E-state index in [1.165, 1.54) is 18.3 Å². The maximum absolute atomic E-state index is 11.4. The summed E-state index contributed by atoms with van der Waals surface area (Å²) in [5, 5.41) is 9.16. The van der Waals surface area contributed by atoms with Crippen molar-refractivity contribution >= 4 is 28.0 Å². The highest BCUT2D eigenvalue weighted by atomic mass is 32.2. The highest BCUT2D eigenvalue weighted by Gasteiger charge is 2.15. The van der Waals surface area contributed by atoms with Gasteiger partial charge in [-0.05, 0) is 29.7 Å². The van der Waals surface area contributed by atoms with Crippen molar-refractivity contribution in [1.29, 1.82) is 0 Å². The zero-order valence-corrected chi connectivity index (χ0v) is 14.4. The van der Waals surface area contributed by atoms with Gasteiger partial charge in [-0.25, -0.2) is 23.2 Å². The number of sulfone groups is 1. The number of carboxylic acids is 1. The first kappa shape index (κ1) is 17.8. The van der Waals surface area contributed by atoms with E-state index >= 15 is 0 Å². The average molecular weight is 346 g/mol. The molecule has 24 heavy (non-hydrogen) atoms. The van der Waals surface area contributed by atoms with Gasteiger partial charge in [0.1, 0.15) is 0 Å². The van der Waals surface area contributed by atoms with Crippen LogP contribution in [0.15, 0.2) is 35.4 Å². The van der Waals surface area contributed by atoms with E-state index in [4.69, 9.17) is 5.11 Å². The van der Waals surface area contributed by atoms with Crippen molar-refractivity contribution in [3.63, 3.8) is 0 Å². The Hall–Kier alpha value is -2.54. The Labute approximate surface area is 140 Å². The van der Waals surface area contributed by atoms with Crippen LogP contribution < -0.4 is 0 Å². The van der Waals surface area contributed by atoms with E-state index in [1.807, 2.05) is 13.8 Å². The molecular weight excluding hydrogens is 328 g/mol. The maximum Gasteiger partial charge on any atom is 0.339 e. The fraction of sp³-hybridized carbons (Fsp3) is 0.235. The smallest absolute Gasteiger partial charge is 0.339 e. The summed E-state index contributed by atoms with van der Waals surface area (Å²) in [4.78, 5) is 19.8. The van der Waals surface area contributed by atoms with Crippen LogP contribution in [0.3, 0.4) is 0 Å². The van der Waals surface area contributed by atoms with Gasteiger partial charge in [-0.15, -0.1) is 0 Å². The van der Waals surface area contributed by atoms with Crippen LogP contribution in [-0.2, 0) is 9.84 Å². The van der Waals surface area contributed by atoms with Crippen LogP contribution in [0.25, 0.3) is 12.2 Å². The Bertz CT molecular complexity index is 885. The van der Waals surface area contributed by atoms with Crippen molar-refractivity contribution in [3.8, 4) is 0 Å². The molecule has 2 rings (SSSR count). The van der Waals surface area contributed by atoms with Crippen molar-refractivity contribution in [1.82, 2.24) is 9.97 Å². The molecule has 0 amide bonds. The second-order valence-electron chi connectivity index (χ2n) is 5.66. The van der Waals surface area contributed by atoms with Gasteiger partial charge in [-0.3, -0.25) is 0 Å². The van der Waals surface area contributed by atoms with E-state index in [0.29, 0.717) is 11.5 Å². The lowest BCUT2D eigenvalue weighted by molar-refractivity contribution is 0.0694. The summed E-state index contributed by atoms with van der Waals surface area (Å²) in [7, 11) is -3.22. The lowest BCUT2D eigenvalue weighted by Crippen LogP contribution is -2.08. The van der Waals surface area contributed by atoms with Crippen molar-refractivity contribution in [2.45, 2.75) is 24.7 Å². The van der Waals surface area contributed by atoms with Crippen LogP contribution in [0, 0.1) is 0 Å². The quantitative estimate of drug-likeness (QED) is 0.894. The first-order valence-corrected chi connectivity index (χ1v) is 9.16. The summed E-state index contributed by atoms with van der Waals surface area (Å²) in [5.41, 5.74) is 1.36. The molecule has 1 heterocycles. The van der Waals surface area contributed by atoms with Gasteiger partial charge in [0.25, 0.3) is 0 Å². The zero-order chi connectivity index (χ0) is 17.9. The largest absolute Gasteiger partial charge is 0.478 e. The number of aromatic carboxylic acids is 1. The molecule has 0 atom stereocenters. The van der Waals surface area contributed by atoms with Crippen LogP contribution >= 0.6 is 0 Å². The van der Waals surface area contributed by atoms with Gasteiger partial charge in [0.05, 0.1) is 16.2 Å². The lowest BCUT2D eigenvalue weighted by atomic mass is 10.1. The van der Waals surface area contributed by atoms with E-state index in [9.17, 15) is 13.2 Å². The lowest BCUT2D eigenvalue weighted by Gasteiger charge is -2.08. The van der Waals surface area contributed by atoms with E-state index in [1.54, 1.807) is 24.3 Å². The summed E-state index contributed by atoms with van der Waals surface area (Å²) in [6.45, 7) is 3.73. The summed E-state index contributed by atoms with van der Waals surface area (Å²) in [6, 6.07) is 6.43. The number of nitrogens with zero attached hydrogens (tertiary/aromatic N) is 2. The molecule has 6 nitrogen and oxygen atoms in total. The first-order chi connectivity index (χ1) is 11.2. The minimum absolute atomic E-state index is 0.0414. The van der Waals surface area contributed by atoms with E-state index in [-0.39, 0.29) is 16.4 Å². The van der Waals surface area contributed by atoms with Gasteiger partial charge in [-0.2, -0.15) is 0 Å². The van der Waals surface area contributed by atoms with Gasteiger partial charge in [0.15, 0.2) is 15.7 Å². The second-order valence-corrected chi connectivity index (χ2v) is 7.68. The molecule has 2 aromatic rings. The molecule has 0 aliphatic rings. The SMILES string of the molecule is CC(C)c1nc(C=Cc2ccc(S(C)(=O)=O)cc2)ncc1C(=O)O. The zero-order valence-electron chi connectivity index (χ0n) is 13.6. The molecular formula is C17H18N2O4S. The number of hydrogen-bond acceptors (Lipinski definition) is 5. The Balaban J connectivity index is 2.29. The van der Waals surface area contributed by atoms with Crippen molar-refractivity contribution in [3.05, 3.63) is 53.1 Å². The molecule has 0 aliphatic heterocycles. The second kappa shape index (κ2) is 6.92. The number of hydrogen-bond donors (Lipinski definition) is 1. The predicted octanol–water partition coefficient (Wildman–Crippen LogP) is 2.87. The molecule has 1 aromatic heterocycles. The molecule has 0 radical (unpaired) electrons. The molecule has 0 saturated heterocycles. The van der Waals surface area contributed by atoms with Gasteiger partial charge in [-0.1, -0.05) is 32.1 Å². The van der Waals surface area contributed by atoms with E-state index < -0.39 is 15.8 Å². The normalized spacial score (nSPS) is 12.0. The van der Waals surface area contributed by atoms with Gasteiger partial charge >= 0.3 is 5.97 Å². The molecule has 0 bridgehead atoms. The number of rotatable bonds is 5. The number of carboxylic acid groups (broad SMARTS) is 1. The number of carbonyl (C=O) groups is 1. The van der Waals surface area contributed by atoms with E-state index in [0.717, 1.165) is 11.8 Å². The molecule has 126 valence electrons. The van der Waals surface area contributed by atoms with Crippen LogP contribution in [-0.4, -0.2) is 35.7 Å². The van der Waals surface area contributed by atoms with Crippen LogP contribution in [0.2, 0.25) is 0 Å². The molecule has 1 aromatic carbocycles. The van der Waals surface area contributed by atoms with E-state index in [2.05, 4.69) is 9.97 Å².